The topological polar surface area (TPSA) is 75.3 Å². The molecular formula is C11H19N5. The lowest BCUT2D eigenvalue weighted by atomic mass is 10.2. The van der Waals surface area contributed by atoms with Gasteiger partial charge in [0.25, 0.3) is 0 Å². The van der Waals surface area contributed by atoms with Crippen molar-refractivity contribution in [3.63, 3.8) is 0 Å². The highest BCUT2D eigenvalue weighted by molar-refractivity contribution is 5.93. The molecule has 0 saturated carbocycles. The number of nitrogens with zero attached hydrogens (tertiary/aromatic N) is 2. The first-order valence-corrected chi connectivity index (χ1v) is 5.32. The molecule has 0 unspecified atom stereocenters. The third-order valence-electron chi connectivity index (χ3n) is 2.04. The van der Waals surface area contributed by atoms with Crippen LogP contribution in [0.25, 0.3) is 0 Å². The van der Waals surface area contributed by atoms with Gasteiger partial charge in [-0.25, -0.2) is 5.84 Å². The van der Waals surface area contributed by atoms with Gasteiger partial charge < -0.3 is 5.32 Å². The standard InChI is InChI=1S/C11H19N5/c1-8(2)6-14-11(16-12)15-10-7-13-5-4-9(10)3/h4-5,7-8H,6,12H2,1-3H3,(H2,14,15,16). The van der Waals surface area contributed by atoms with Crippen molar-refractivity contribution < 1.29 is 0 Å². The Kier molecular flexibility index (Phi) is 4.72. The third-order valence-corrected chi connectivity index (χ3v) is 2.04. The molecule has 0 bridgehead atoms. The number of hydrazine groups is 1. The van der Waals surface area contributed by atoms with E-state index in [2.05, 4.69) is 34.6 Å². The van der Waals surface area contributed by atoms with Gasteiger partial charge in [-0.1, -0.05) is 13.8 Å². The van der Waals surface area contributed by atoms with Crippen LogP contribution in [0.5, 0.6) is 0 Å². The number of anilines is 1. The Hall–Kier alpha value is -1.62. The number of guanidine groups is 1. The van der Waals surface area contributed by atoms with Gasteiger partial charge in [0.1, 0.15) is 0 Å². The molecule has 4 N–H and O–H groups in total. The molecule has 0 aliphatic rings. The van der Waals surface area contributed by atoms with Crippen LogP contribution < -0.4 is 16.6 Å². The lowest BCUT2D eigenvalue weighted by Gasteiger charge is -2.11. The molecule has 1 rings (SSSR count). The van der Waals surface area contributed by atoms with Crippen LogP contribution in [0.15, 0.2) is 23.5 Å². The molecule has 0 radical (unpaired) electrons. The van der Waals surface area contributed by atoms with Crippen LogP contribution in [-0.4, -0.2) is 17.5 Å². The Morgan fingerprint density at radius 1 is 1.56 bits per heavy atom. The van der Waals surface area contributed by atoms with Crippen LogP contribution in [0.1, 0.15) is 19.4 Å². The molecule has 1 aromatic heterocycles. The third kappa shape index (κ3) is 3.86. The van der Waals surface area contributed by atoms with Gasteiger partial charge in [0.05, 0.1) is 11.9 Å². The van der Waals surface area contributed by atoms with Gasteiger partial charge in [-0.2, -0.15) is 0 Å². The summed E-state index contributed by atoms with van der Waals surface area (Å²) in [6.07, 6.45) is 3.50. The molecule has 0 amide bonds. The Bertz CT molecular complexity index is 359. The molecule has 1 heterocycles. The lowest BCUT2D eigenvalue weighted by Crippen LogP contribution is -2.36. The number of aryl methyl sites for hydroxylation is 1. The maximum Gasteiger partial charge on any atom is 0.210 e. The number of hydrogen-bond donors (Lipinski definition) is 3. The van der Waals surface area contributed by atoms with E-state index in [4.69, 9.17) is 5.84 Å². The van der Waals surface area contributed by atoms with Gasteiger partial charge in [0.15, 0.2) is 0 Å². The highest BCUT2D eigenvalue weighted by atomic mass is 15.3. The number of rotatable bonds is 3. The van der Waals surface area contributed by atoms with Gasteiger partial charge in [0, 0.05) is 12.7 Å². The van der Waals surface area contributed by atoms with Gasteiger partial charge in [-0.15, -0.1) is 0 Å². The zero-order valence-electron chi connectivity index (χ0n) is 9.99. The minimum Gasteiger partial charge on any atom is -0.324 e. The summed E-state index contributed by atoms with van der Waals surface area (Å²) in [5.74, 6) is 6.45. The Balaban J connectivity index is 2.70. The zero-order valence-corrected chi connectivity index (χ0v) is 9.99. The quantitative estimate of drug-likeness (QED) is 0.311. The highest BCUT2D eigenvalue weighted by Gasteiger charge is 2.01. The summed E-state index contributed by atoms with van der Waals surface area (Å²) in [6, 6.07) is 1.93. The molecule has 0 aliphatic carbocycles. The summed E-state index contributed by atoms with van der Waals surface area (Å²) in [5, 5.41) is 3.10. The molecular weight excluding hydrogens is 202 g/mol. The van der Waals surface area contributed by atoms with E-state index < -0.39 is 0 Å². The van der Waals surface area contributed by atoms with Crippen molar-refractivity contribution in [3.8, 4) is 0 Å². The first-order chi connectivity index (χ1) is 7.63. The highest BCUT2D eigenvalue weighted by Crippen LogP contribution is 2.10. The summed E-state index contributed by atoms with van der Waals surface area (Å²) in [6.45, 7) is 6.94. The zero-order chi connectivity index (χ0) is 12.0. The molecule has 88 valence electrons. The number of aromatic nitrogens is 1. The van der Waals surface area contributed by atoms with E-state index in [-0.39, 0.29) is 0 Å². The van der Waals surface area contributed by atoms with Crippen molar-refractivity contribution in [1.82, 2.24) is 10.4 Å². The lowest BCUT2D eigenvalue weighted by molar-refractivity contribution is 0.663. The summed E-state index contributed by atoms with van der Waals surface area (Å²) in [4.78, 5) is 8.36. The molecule has 5 nitrogen and oxygen atoms in total. The molecule has 0 spiro atoms. The molecule has 0 aromatic carbocycles. The molecule has 0 aliphatic heterocycles. The van der Waals surface area contributed by atoms with Gasteiger partial charge in [-0.3, -0.25) is 15.4 Å². The molecule has 1 aromatic rings. The fraction of sp³-hybridized carbons (Fsp3) is 0.455. The maximum absolute atomic E-state index is 5.39. The van der Waals surface area contributed by atoms with Crippen LogP contribution >= 0.6 is 0 Å². The van der Waals surface area contributed by atoms with E-state index in [1.54, 1.807) is 12.4 Å². The molecule has 0 atom stereocenters. The summed E-state index contributed by atoms with van der Waals surface area (Å²) < 4.78 is 0. The van der Waals surface area contributed by atoms with Crippen LogP contribution in [0.4, 0.5) is 5.69 Å². The van der Waals surface area contributed by atoms with Crippen LogP contribution in [0.2, 0.25) is 0 Å². The van der Waals surface area contributed by atoms with Gasteiger partial charge >= 0.3 is 0 Å². The normalized spacial score (nSPS) is 11.7. The van der Waals surface area contributed by atoms with E-state index in [1.165, 1.54) is 0 Å². The van der Waals surface area contributed by atoms with E-state index in [9.17, 15) is 0 Å². The van der Waals surface area contributed by atoms with Crippen LogP contribution in [-0.2, 0) is 0 Å². The summed E-state index contributed by atoms with van der Waals surface area (Å²) in [5.41, 5.74) is 4.55. The maximum atomic E-state index is 5.39. The Morgan fingerprint density at radius 3 is 2.88 bits per heavy atom. The van der Waals surface area contributed by atoms with Gasteiger partial charge in [-0.05, 0) is 24.5 Å². The van der Waals surface area contributed by atoms with Gasteiger partial charge in [0.2, 0.25) is 5.96 Å². The average Bonchev–Trinajstić information content (AvgIpc) is 2.26. The van der Waals surface area contributed by atoms with E-state index in [1.807, 2.05) is 13.0 Å². The van der Waals surface area contributed by atoms with E-state index in [0.29, 0.717) is 11.9 Å². The number of pyridine rings is 1. The average molecular weight is 221 g/mol. The fourth-order valence-corrected chi connectivity index (χ4v) is 1.12. The van der Waals surface area contributed by atoms with Crippen molar-refractivity contribution in [3.05, 3.63) is 24.0 Å². The van der Waals surface area contributed by atoms with Crippen LogP contribution in [0.3, 0.4) is 0 Å². The van der Waals surface area contributed by atoms with Crippen LogP contribution in [0, 0.1) is 12.8 Å². The predicted octanol–water partition coefficient (Wildman–Crippen LogP) is 1.28. The number of hydrogen-bond acceptors (Lipinski definition) is 3. The second kappa shape index (κ2) is 6.07. The first kappa shape index (κ1) is 12.4. The Labute approximate surface area is 96.1 Å². The van der Waals surface area contributed by atoms with E-state index >= 15 is 0 Å². The van der Waals surface area contributed by atoms with Crippen molar-refractivity contribution in [2.75, 3.05) is 11.9 Å². The first-order valence-electron chi connectivity index (χ1n) is 5.32. The smallest absolute Gasteiger partial charge is 0.210 e. The minimum atomic E-state index is 0.500. The SMILES string of the molecule is Cc1ccncc1NC(=NCC(C)C)NN. The predicted molar refractivity (Wildman–Crippen MR) is 67.1 cm³/mol. The second-order valence-corrected chi connectivity index (χ2v) is 4.04. The largest absolute Gasteiger partial charge is 0.324 e. The minimum absolute atomic E-state index is 0.500. The molecule has 0 fully saturated rings. The molecule has 16 heavy (non-hydrogen) atoms. The summed E-state index contributed by atoms with van der Waals surface area (Å²) >= 11 is 0. The van der Waals surface area contributed by atoms with Crippen molar-refractivity contribution in [1.29, 1.82) is 0 Å². The summed E-state index contributed by atoms with van der Waals surface area (Å²) in [7, 11) is 0. The molecule has 0 saturated heterocycles. The fourth-order valence-electron chi connectivity index (χ4n) is 1.12. The van der Waals surface area contributed by atoms with Crippen molar-refractivity contribution in [2.45, 2.75) is 20.8 Å². The molecule has 5 heteroatoms. The number of aliphatic imine (C=N–C) groups is 1. The number of nitrogens with two attached hydrogens (primary N) is 1. The Morgan fingerprint density at radius 2 is 2.31 bits per heavy atom. The van der Waals surface area contributed by atoms with Crippen molar-refractivity contribution in [2.24, 2.45) is 16.8 Å². The number of nitrogens with one attached hydrogen (secondary N) is 2. The monoisotopic (exact) mass is 221 g/mol. The van der Waals surface area contributed by atoms with E-state index in [0.717, 1.165) is 17.8 Å². The second-order valence-electron chi connectivity index (χ2n) is 4.04. The van der Waals surface area contributed by atoms with Crippen molar-refractivity contribution >= 4 is 11.6 Å².